The van der Waals surface area contributed by atoms with Crippen molar-refractivity contribution < 1.29 is 14.1 Å². The summed E-state index contributed by atoms with van der Waals surface area (Å²) in [7, 11) is -1.34. The predicted octanol–water partition coefficient (Wildman–Crippen LogP) is -0.197. The van der Waals surface area contributed by atoms with E-state index in [4.69, 9.17) is 10.8 Å². The van der Waals surface area contributed by atoms with E-state index < -0.39 is 22.0 Å². The summed E-state index contributed by atoms with van der Waals surface area (Å²) in [5.74, 6) is -0.440. The SMILES string of the molecule is CC(C)CS(=O)C(CN)C(=O)O. The molecule has 72 valence electrons. The van der Waals surface area contributed by atoms with E-state index in [9.17, 15) is 9.00 Å². The van der Waals surface area contributed by atoms with Crippen LogP contribution in [0.5, 0.6) is 0 Å². The zero-order chi connectivity index (χ0) is 9.72. The van der Waals surface area contributed by atoms with Crippen molar-refractivity contribution in [2.45, 2.75) is 19.1 Å². The molecule has 0 bridgehead atoms. The van der Waals surface area contributed by atoms with Gasteiger partial charge in [0.1, 0.15) is 5.25 Å². The molecule has 0 radical (unpaired) electrons. The molecule has 2 atom stereocenters. The standard InChI is InChI=1S/C7H15NO3S/c1-5(2)4-12(11)6(3-8)7(9)10/h5-6H,3-4,8H2,1-2H3,(H,9,10). The number of nitrogens with two attached hydrogens (primary N) is 1. The topological polar surface area (TPSA) is 80.4 Å². The monoisotopic (exact) mass is 193 g/mol. The van der Waals surface area contributed by atoms with Gasteiger partial charge in [0, 0.05) is 23.1 Å². The summed E-state index contributed by atoms with van der Waals surface area (Å²) in [6.45, 7) is 3.73. The quantitative estimate of drug-likeness (QED) is 0.634. The third kappa shape index (κ3) is 3.82. The predicted molar refractivity (Wildman–Crippen MR) is 48.3 cm³/mol. The number of hydrogen-bond donors (Lipinski definition) is 2. The van der Waals surface area contributed by atoms with Gasteiger partial charge in [-0.2, -0.15) is 0 Å². The molecular formula is C7H15NO3S. The lowest BCUT2D eigenvalue weighted by Crippen LogP contribution is -2.35. The summed E-state index contributed by atoms with van der Waals surface area (Å²) >= 11 is 0. The first-order chi connectivity index (χ1) is 5.49. The Morgan fingerprint density at radius 1 is 1.58 bits per heavy atom. The second-order valence-electron chi connectivity index (χ2n) is 3.00. The Morgan fingerprint density at radius 2 is 2.08 bits per heavy atom. The fourth-order valence-electron chi connectivity index (χ4n) is 0.765. The van der Waals surface area contributed by atoms with Crippen LogP contribution < -0.4 is 5.73 Å². The fraction of sp³-hybridized carbons (Fsp3) is 0.857. The minimum absolute atomic E-state index is 0.0608. The molecule has 0 aromatic carbocycles. The number of carboxylic acid groups (broad SMARTS) is 1. The van der Waals surface area contributed by atoms with Gasteiger partial charge in [0.25, 0.3) is 0 Å². The normalized spacial score (nSPS) is 16.0. The molecule has 12 heavy (non-hydrogen) atoms. The van der Waals surface area contributed by atoms with E-state index in [1.807, 2.05) is 13.8 Å². The number of hydrogen-bond acceptors (Lipinski definition) is 3. The van der Waals surface area contributed by atoms with Crippen molar-refractivity contribution in [1.29, 1.82) is 0 Å². The van der Waals surface area contributed by atoms with E-state index in [0.29, 0.717) is 5.75 Å². The van der Waals surface area contributed by atoms with Gasteiger partial charge in [-0.15, -0.1) is 0 Å². The van der Waals surface area contributed by atoms with E-state index in [0.717, 1.165) is 0 Å². The molecule has 0 spiro atoms. The van der Waals surface area contributed by atoms with Gasteiger partial charge in [-0.05, 0) is 5.92 Å². The van der Waals surface area contributed by atoms with Crippen LogP contribution >= 0.6 is 0 Å². The number of rotatable bonds is 5. The third-order valence-electron chi connectivity index (χ3n) is 1.30. The third-order valence-corrected chi connectivity index (χ3v) is 3.33. The molecule has 0 rings (SSSR count). The van der Waals surface area contributed by atoms with Gasteiger partial charge in [-0.25, -0.2) is 0 Å². The highest BCUT2D eigenvalue weighted by molar-refractivity contribution is 7.86. The first-order valence-corrected chi connectivity index (χ1v) is 5.17. The van der Waals surface area contributed by atoms with Gasteiger partial charge in [0.15, 0.2) is 0 Å². The molecular weight excluding hydrogens is 178 g/mol. The summed E-state index contributed by atoms with van der Waals surface area (Å²) in [5.41, 5.74) is 5.18. The second-order valence-corrected chi connectivity index (χ2v) is 4.67. The summed E-state index contributed by atoms with van der Waals surface area (Å²) in [4.78, 5) is 10.5. The number of aliphatic carboxylic acids is 1. The van der Waals surface area contributed by atoms with Gasteiger partial charge in [0.2, 0.25) is 0 Å². The highest BCUT2D eigenvalue weighted by Crippen LogP contribution is 2.02. The lowest BCUT2D eigenvalue weighted by Gasteiger charge is -2.10. The Morgan fingerprint density at radius 3 is 2.33 bits per heavy atom. The molecule has 0 aromatic rings. The average Bonchev–Trinajstić information content (AvgIpc) is 1.85. The van der Waals surface area contributed by atoms with Gasteiger partial charge in [0.05, 0.1) is 0 Å². The highest BCUT2D eigenvalue weighted by Gasteiger charge is 2.23. The summed E-state index contributed by atoms with van der Waals surface area (Å²) < 4.78 is 11.3. The van der Waals surface area contributed by atoms with E-state index in [2.05, 4.69) is 0 Å². The molecule has 3 N–H and O–H groups in total. The van der Waals surface area contributed by atoms with Crippen LogP contribution in [0.3, 0.4) is 0 Å². The molecule has 4 nitrogen and oxygen atoms in total. The Kier molecular flexibility index (Phi) is 5.08. The first kappa shape index (κ1) is 11.6. The molecule has 0 aliphatic heterocycles. The lowest BCUT2D eigenvalue weighted by molar-refractivity contribution is -0.136. The lowest BCUT2D eigenvalue weighted by atomic mass is 10.3. The van der Waals surface area contributed by atoms with Crippen LogP contribution in [0.2, 0.25) is 0 Å². The van der Waals surface area contributed by atoms with Gasteiger partial charge in [-0.1, -0.05) is 13.8 Å². The van der Waals surface area contributed by atoms with Crippen molar-refractivity contribution >= 4 is 16.8 Å². The van der Waals surface area contributed by atoms with Crippen LogP contribution in [0.15, 0.2) is 0 Å². The fourth-order valence-corrected chi connectivity index (χ4v) is 2.09. The Labute approximate surface area is 74.6 Å². The van der Waals surface area contributed by atoms with Crippen molar-refractivity contribution in [3.05, 3.63) is 0 Å². The van der Waals surface area contributed by atoms with E-state index in [1.54, 1.807) is 0 Å². The zero-order valence-corrected chi connectivity index (χ0v) is 8.13. The van der Waals surface area contributed by atoms with Gasteiger partial charge >= 0.3 is 5.97 Å². The minimum Gasteiger partial charge on any atom is -0.480 e. The Balaban J connectivity index is 4.13. The Hall–Kier alpha value is -0.420. The molecule has 0 fully saturated rings. The summed E-state index contributed by atoms with van der Waals surface area (Å²) in [6, 6.07) is 0. The highest BCUT2D eigenvalue weighted by atomic mass is 32.2. The molecule has 0 aliphatic rings. The van der Waals surface area contributed by atoms with E-state index >= 15 is 0 Å². The van der Waals surface area contributed by atoms with Crippen molar-refractivity contribution in [2.24, 2.45) is 11.7 Å². The Bertz CT molecular complexity index is 181. The molecule has 0 saturated carbocycles. The van der Waals surface area contributed by atoms with Crippen molar-refractivity contribution in [1.82, 2.24) is 0 Å². The van der Waals surface area contributed by atoms with Crippen LogP contribution in [-0.2, 0) is 15.6 Å². The van der Waals surface area contributed by atoms with E-state index in [-0.39, 0.29) is 12.5 Å². The maximum atomic E-state index is 11.3. The van der Waals surface area contributed by atoms with Crippen LogP contribution in [0.25, 0.3) is 0 Å². The molecule has 0 saturated heterocycles. The molecule has 2 unspecified atom stereocenters. The zero-order valence-electron chi connectivity index (χ0n) is 7.32. The molecule has 0 aliphatic carbocycles. The van der Waals surface area contributed by atoms with Crippen LogP contribution in [0, 0.1) is 5.92 Å². The first-order valence-electron chi connectivity index (χ1n) is 3.79. The average molecular weight is 193 g/mol. The molecule has 0 amide bonds. The summed E-state index contributed by atoms with van der Waals surface area (Å²) in [6.07, 6.45) is 0. The number of carbonyl (C=O) groups is 1. The van der Waals surface area contributed by atoms with Gasteiger partial charge < -0.3 is 10.8 Å². The van der Waals surface area contributed by atoms with Crippen LogP contribution in [0.1, 0.15) is 13.8 Å². The molecule has 5 heteroatoms. The van der Waals surface area contributed by atoms with E-state index in [1.165, 1.54) is 0 Å². The number of carboxylic acids is 1. The summed E-state index contributed by atoms with van der Waals surface area (Å²) in [5, 5.41) is 7.67. The maximum Gasteiger partial charge on any atom is 0.320 e. The van der Waals surface area contributed by atoms with Crippen LogP contribution in [-0.4, -0.2) is 32.8 Å². The van der Waals surface area contributed by atoms with Crippen molar-refractivity contribution in [3.8, 4) is 0 Å². The maximum absolute atomic E-state index is 11.3. The minimum atomic E-state index is -1.34. The van der Waals surface area contributed by atoms with Crippen LogP contribution in [0.4, 0.5) is 0 Å². The van der Waals surface area contributed by atoms with Crippen molar-refractivity contribution in [3.63, 3.8) is 0 Å². The molecule has 0 heterocycles. The van der Waals surface area contributed by atoms with Gasteiger partial charge in [-0.3, -0.25) is 9.00 Å². The molecule has 0 aromatic heterocycles. The smallest absolute Gasteiger partial charge is 0.320 e. The van der Waals surface area contributed by atoms with Crippen molar-refractivity contribution in [2.75, 3.05) is 12.3 Å². The second kappa shape index (κ2) is 5.27. The largest absolute Gasteiger partial charge is 0.480 e.